The lowest BCUT2D eigenvalue weighted by Gasteiger charge is -2.03. The first-order valence-electron chi connectivity index (χ1n) is 3.17. The minimum atomic E-state index is -0.592. The second-order valence-corrected chi connectivity index (χ2v) is 3.54. The summed E-state index contributed by atoms with van der Waals surface area (Å²) in [5, 5.41) is 21.3. The molecular formula is C6H4BrClN2O3. The summed E-state index contributed by atoms with van der Waals surface area (Å²) in [6.07, 6.45) is 1.01. The maximum absolute atomic E-state index is 11.0. The molecule has 0 aromatic carbocycles. The van der Waals surface area contributed by atoms with E-state index in [0.29, 0.717) is 4.73 Å². The van der Waals surface area contributed by atoms with Crippen molar-refractivity contribution in [3.8, 4) is 0 Å². The van der Waals surface area contributed by atoms with Crippen LogP contribution in [0.25, 0.3) is 0 Å². The molecule has 0 atom stereocenters. The van der Waals surface area contributed by atoms with Crippen LogP contribution in [0.4, 0.5) is 5.69 Å². The molecule has 0 aliphatic rings. The molecule has 13 heavy (non-hydrogen) atoms. The fraction of sp³-hybridized carbons (Fsp3) is 0.167. The molecule has 1 heterocycles. The SMILES string of the molecule is Cc1c([N+](=O)[O-])c(Br)c[n+]([O-])c1Cl. The molecule has 0 fully saturated rings. The van der Waals surface area contributed by atoms with Gasteiger partial charge in [-0.15, -0.1) is 0 Å². The standard InChI is InChI=1S/C6H4BrClN2O3/c1-3-5(10(12)13)4(7)2-9(11)6(3)8/h2H,1H3. The summed E-state index contributed by atoms with van der Waals surface area (Å²) in [6, 6.07) is 0. The average molecular weight is 267 g/mol. The van der Waals surface area contributed by atoms with E-state index in [2.05, 4.69) is 15.9 Å². The lowest BCUT2D eigenvalue weighted by Crippen LogP contribution is -2.28. The van der Waals surface area contributed by atoms with Gasteiger partial charge in [0.15, 0.2) is 4.47 Å². The van der Waals surface area contributed by atoms with Crippen molar-refractivity contribution in [1.82, 2.24) is 0 Å². The van der Waals surface area contributed by atoms with Crippen molar-refractivity contribution in [3.63, 3.8) is 0 Å². The van der Waals surface area contributed by atoms with E-state index in [9.17, 15) is 15.3 Å². The van der Waals surface area contributed by atoms with Crippen molar-refractivity contribution < 1.29 is 9.65 Å². The highest BCUT2D eigenvalue weighted by atomic mass is 79.9. The van der Waals surface area contributed by atoms with E-state index in [1.165, 1.54) is 6.92 Å². The molecule has 0 spiro atoms. The molecule has 0 aliphatic carbocycles. The summed E-state index contributed by atoms with van der Waals surface area (Å²) in [5.41, 5.74) is -0.0341. The third kappa shape index (κ3) is 1.73. The van der Waals surface area contributed by atoms with Crippen LogP contribution < -0.4 is 4.73 Å². The van der Waals surface area contributed by atoms with E-state index in [0.717, 1.165) is 6.20 Å². The Balaban J connectivity index is 3.53. The highest BCUT2D eigenvalue weighted by Crippen LogP contribution is 2.29. The van der Waals surface area contributed by atoms with Gasteiger partial charge in [0.25, 0.3) is 10.8 Å². The van der Waals surface area contributed by atoms with Crippen LogP contribution in [-0.4, -0.2) is 4.92 Å². The number of halogens is 2. The first-order valence-corrected chi connectivity index (χ1v) is 4.34. The third-order valence-corrected chi connectivity index (χ3v) is 2.53. The van der Waals surface area contributed by atoms with Crippen molar-refractivity contribution in [2.75, 3.05) is 0 Å². The minimum absolute atomic E-state index is 0.120. The van der Waals surface area contributed by atoms with Gasteiger partial charge in [0.2, 0.25) is 6.20 Å². The minimum Gasteiger partial charge on any atom is -0.618 e. The Kier molecular flexibility index (Phi) is 2.72. The van der Waals surface area contributed by atoms with E-state index >= 15 is 0 Å². The maximum Gasteiger partial charge on any atom is 0.300 e. The lowest BCUT2D eigenvalue weighted by molar-refractivity contribution is -0.604. The predicted octanol–water partition coefficient (Wildman–Crippen LogP) is 1.95. The maximum atomic E-state index is 11.0. The highest BCUT2D eigenvalue weighted by Gasteiger charge is 2.24. The van der Waals surface area contributed by atoms with Gasteiger partial charge in [-0.05, 0) is 34.5 Å². The van der Waals surface area contributed by atoms with E-state index in [4.69, 9.17) is 11.6 Å². The molecule has 0 amide bonds. The molecule has 5 nitrogen and oxygen atoms in total. The summed E-state index contributed by atoms with van der Waals surface area (Å²) >= 11 is 8.44. The van der Waals surface area contributed by atoms with E-state index in [-0.39, 0.29) is 20.9 Å². The fourth-order valence-corrected chi connectivity index (χ4v) is 1.65. The normalized spacial score (nSPS) is 10.1. The number of nitro groups is 1. The van der Waals surface area contributed by atoms with Crippen LogP contribution in [-0.2, 0) is 0 Å². The predicted molar refractivity (Wildman–Crippen MR) is 49.5 cm³/mol. The van der Waals surface area contributed by atoms with Crippen molar-refractivity contribution in [2.45, 2.75) is 6.92 Å². The molecule has 0 saturated heterocycles. The van der Waals surface area contributed by atoms with E-state index in [1.54, 1.807) is 0 Å². The monoisotopic (exact) mass is 266 g/mol. The van der Waals surface area contributed by atoms with Gasteiger partial charge in [-0.3, -0.25) is 10.1 Å². The summed E-state index contributed by atoms with van der Waals surface area (Å²) in [5.74, 6) is 0. The van der Waals surface area contributed by atoms with Gasteiger partial charge in [0.05, 0.1) is 4.92 Å². The average Bonchev–Trinajstić information content (AvgIpc) is 1.99. The van der Waals surface area contributed by atoms with E-state index in [1.807, 2.05) is 0 Å². The largest absolute Gasteiger partial charge is 0.618 e. The summed E-state index contributed by atoms with van der Waals surface area (Å²) in [7, 11) is 0. The van der Waals surface area contributed by atoms with Crippen molar-refractivity contribution >= 4 is 33.2 Å². The zero-order valence-corrected chi connectivity index (χ0v) is 8.79. The summed E-state index contributed by atoms with van der Waals surface area (Å²) in [4.78, 5) is 9.92. The van der Waals surface area contributed by atoms with Crippen molar-refractivity contribution in [1.29, 1.82) is 0 Å². The number of hydrogen-bond acceptors (Lipinski definition) is 3. The Bertz CT molecular complexity index is 383. The van der Waals surface area contributed by atoms with Crippen molar-refractivity contribution in [3.05, 3.63) is 36.7 Å². The molecule has 0 bridgehead atoms. The molecule has 7 heteroatoms. The first kappa shape index (κ1) is 10.2. The van der Waals surface area contributed by atoms with E-state index < -0.39 is 4.92 Å². The quantitative estimate of drug-likeness (QED) is 0.257. The van der Waals surface area contributed by atoms with Gasteiger partial charge in [-0.1, -0.05) is 0 Å². The molecule has 0 radical (unpaired) electrons. The molecule has 1 aromatic heterocycles. The van der Waals surface area contributed by atoms with Gasteiger partial charge < -0.3 is 5.21 Å². The molecular weight excluding hydrogens is 263 g/mol. The number of aromatic nitrogens is 1. The number of pyridine rings is 1. The zero-order chi connectivity index (χ0) is 10.2. The Labute approximate surface area is 86.8 Å². The van der Waals surface area contributed by atoms with Crippen LogP contribution in [0, 0.1) is 22.2 Å². The third-order valence-electron chi connectivity index (χ3n) is 1.50. The van der Waals surface area contributed by atoms with Crippen LogP contribution in [0.1, 0.15) is 5.56 Å². The first-order chi connectivity index (χ1) is 5.95. The number of rotatable bonds is 1. The smallest absolute Gasteiger partial charge is 0.300 e. The Morgan fingerprint density at radius 3 is 2.69 bits per heavy atom. The van der Waals surface area contributed by atoms with Gasteiger partial charge in [-0.2, -0.15) is 4.73 Å². The molecule has 0 saturated carbocycles. The fourth-order valence-electron chi connectivity index (χ4n) is 0.887. The highest BCUT2D eigenvalue weighted by molar-refractivity contribution is 9.10. The lowest BCUT2D eigenvalue weighted by atomic mass is 10.3. The van der Waals surface area contributed by atoms with Crippen LogP contribution in [0.2, 0.25) is 5.15 Å². The summed E-state index contributed by atoms with van der Waals surface area (Å²) in [6.45, 7) is 1.42. The van der Waals surface area contributed by atoms with Crippen LogP contribution in [0.5, 0.6) is 0 Å². The molecule has 70 valence electrons. The van der Waals surface area contributed by atoms with Gasteiger partial charge in [-0.25, -0.2) is 0 Å². The molecule has 0 unspecified atom stereocenters. The van der Waals surface area contributed by atoms with Crippen molar-refractivity contribution in [2.24, 2.45) is 0 Å². The number of nitrogens with zero attached hydrogens (tertiary/aromatic N) is 2. The van der Waals surface area contributed by atoms with Gasteiger partial charge >= 0.3 is 0 Å². The van der Waals surface area contributed by atoms with Gasteiger partial charge in [0.1, 0.15) is 5.56 Å². The Hall–Kier alpha value is -0.880. The zero-order valence-electron chi connectivity index (χ0n) is 6.45. The topological polar surface area (TPSA) is 70.1 Å². The summed E-state index contributed by atoms with van der Waals surface area (Å²) < 4.78 is 0.489. The number of hydrogen-bond donors (Lipinski definition) is 0. The molecule has 0 aliphatic heterocycles. The Morgan fingerprint density at radius 1 is 1.69 bits per heavy atom. The second kappa shape index (κ2) is 3.47. The molecule has 1 aromatic rings. The Morgan fingerprint density at radius 2 is 2.23 bits per heavy atom. The molecule has 0 N–H and O–H groups in total. The van der Waals surface area contributed by atoms with Crippen LogP contribution in [0.15, 0.2) is 10.7 Å². The second-order valence-electron chi connectivity index (χ2n) is 2.32. The van der Waals surface area contributed by atoms with Crippen LogP contribution >= 0.6 is 27.5 Å². The molecule has 1 rings (SSSR count). The van der Waals surface area contributed by atoms with Crippen LogP contribution in [0.3, 0.4) is 0 Å². The van der Waals surface area contributed by atoms with Gasteiger partial charge in [0, 0.05) is 0 Å².